The van der Waals surface area contributed by atoms with E-state index in [1.807, 2.05) is 0 Å². The van der Waals surface area contributed by atoms with Gasteiger partial charge in [-0.1, -0.05) is 29.7 Å². The molecule has 1 heterocycles. The minimum atomic E-state index is -1.62. The molecule has 70 valence electrons. The lowest BCUT2D eigenvalue weighted by Gasteiger charge is -2.35. The second kappa shape index (κ2) is 3.26. The first-order valence-corrected chi connectivity index (χ1v) is 7.67. The fourth-order valence-electron chi connectivity index (χ4n) is 1.78. The van der Waals surface area contributed by atoms with Gasteiger partial charge in [-0.2, -0.15) is 0 Å². The van der Waals surface area contributed by atoms with Crippen molar-refractivity contribution in [1.82, 2.24) is 0 Å². The predicted molar refractivity (Wildman–Crippen MR) is 55.8 cm³/mol. The molecule has 0 aromatic heterocycles. The second-order valence-electron chi connectivity index (χ2n) is 4.86. The summed E-state index contributed by atoms with van der Waals surface area (Å²) in [6.07, 6.45) is 2.23. The average Bonchev–Trinajstić information content (AvgIpc) is 1.83. The molecular formula is C9H18OSSi. The van der Waals surface area contributed by atoms with Crippen LogP contribution in [0.2, 0.25) is 0 Å². The molecule has 0 spiro atoms. The quantitative estimate of drug-likeness (QED) is 0.548. The van der Waals surface area contributed by atoms with Crippen molar-refractivity contribution in [3.05, 3.63) is 0 Å². The molecule has 0 aromatic carbocycles. The minimum absolute atomic E-state index is 0.391. The van der Waals surface area contributed by atoms with Gasteiger partial charge < -0.3 is 0 Å². The maximum absolute atomic E-state index is 11.6. The van der Waals surface area contributed by atoms with Crippen LogP contribution < -0.4 is 0 Å². The molecule has 1 aliphatic heterocycles. The van der Waals surface area contributed by atoms with Gasteiger partial charge in [0.1, 0.15) is 8.95 Å². The topological polar surface area (TPSA) is 17.1 Å². The Morgan fingerprint density at radius 3 is 2.00 bits per heavy atom. The predicted octanol–water partition coefficient (Wildman–Crippen LogP) is 1.81. The first-order chi connectivity index (χ1) is 5.31. The monoisotopic (exact) mass is 202 g/mol. The first-order valence-electron chi connectivity index (χ1n) is 4.55. The van der Waals surface area contributed by atoms with Crippen molar-refractivity contribution in [3.63, 3.8) is 0 Å². The van der Waals surface area contributed by atoms with Crippen LogP contribution in [0, 0.1) is 11.3 Å². The third kappa shape index (κ3) is 2.70. The van der Waals surface area contributed by atoms with Gasteiger partial charge in [-0.25, -0.2) is 0 Å². The number of hydrogen-bond donors (Lipinski definition) is 0. The van der Waals surface area contributed by atoms with Gasteiger partial charge in [-0.3, -0.25) is 4.21 Å². The molecule has 1 aliphatic rings. The van der Waals surface area contributed by atoms with Crippen molar-refractivity contribution >= 4 is 17.9 Å². The van der Waals surface area contributed by atoms with Gasteiger partial charge >= 0.3 is 0 Å². The number of hydrogen-bond acceptors (Lipinski definition) is 1. The van der Waals surface area contributed by atoms with Crippen LogP contribution >= 0.6 is 0 Å². The van der Waals surface area contributed by atoms with Gasteiger partial charge in [0, 0.05) is 11.5 Å². The van der Waals surface area contributed by atoms with Crippen molar-refractivity contribution in [2.24, 2.45) is 11.3 Å². The molecule has 0 aromatic rings. The lowest BCUT2D eigenvalue weighted by atomic mass is 9.77. The summed E-state index contributed by atoms with van der Waals surface area (Å²) in [6, 6.07) is 0. The Balaban J connectivity index is 2.58. The normalized spacial score (nSPS) is 38.1. The van der Waals surface area contributed by atoms with Crippen LogP contribution in [-0.2, 0) is 8.93 Å². The van der Waals surface area contributed by atoms with Gasteiger partial charge in [-0.05, 0) is 24.2 Å². The lowest BCUT2D eigenvalue weighted by Crippen LogP contribution is -2.31. The van der Waals surface area contributed by atoms with Gasteiger partial charge in [0.25, 0.3) is 0 Å². The van der Waals surface area contributed by atoms with E-state index in [1.54, 1.807) is 0 Å². The lowest BCUT2D eigenvalue weighted by molar-refractivity contribution is 0.224. The van der Waals surface area contributed by atoms with Crippen molar-refractivity contribution in [2.45, 2.75) is 33.6 Å². The smallest absolute Gasteiger partial charge is 0.119 e. The van der Waals surface area contributed by atoms with E-state index in [0.717, 1.165) is 30.3 Å². The zero-order chi connectivity index (χ0) is 9.41. The molecule has 1 rings (SSSR count). The van der Waals surface area contributed by atoms with Crippen molar-refractivity contribution < 1.29 is 4.21 Å². The van der Waals surface area contributed by atoms with E-state index in [9.17, 15) is 4.21 Å². The highest BCUT2D eigenvalue weighted by molar-refractivity contribution is 8.05. The summed E-state index contributed by atoms with van der Waals surface area (Å²) in [6.45, 7) is 6.83. The Kier molecular flexibility index (Phi) is 2.84. The molecule has 0 aliphatic carbocycles. The molecule has 3 heteroatoms. The molecule has 0 N–H and O–H groups in total. The summed E-state index contributed by atoms with van der Waals surface area (Å²) in [5.74, 6) is 2.49. The molecule has 1 saturated heterocycles. The Labute approximate surface area is 78.9 Å². The van der Waals surface area contributed by atoms with Crippen LogP contribution in [0.1, 0.15) is 33.6 Å². The molecule has 0 atom stereocenters. The molecule has 2 radical (unpaired) electrons. The summed E-state index contributed by atoms with van der Waals surface area (Å²) in [4.78, 5) is 0. The van der Waals surface area contributed by atoms with Crippen LogP contribution in [0.15, 0.2) is 0 Å². The summed E-state index contributed by atoms with van der Waals surface area (Å²) >= 11 is 0. The van der Waals surface area contributed by atoms with E-state index in [-0.39, 0.29) is 0 Å². The molecule has 0 amide bonds. The van der Waals surface area contributed by atoms with E-state index >= 15 is 0 Å². The minimum Gasteiger partial charge on any atom is -0.274 e. The first kappa shape index (κ1) is 10.4. The van der Waals surface area contributed by atoms with E-state index in [0.29, 0.717) is 5.41 Å². The Morgan fingerprint density at radius 2 is 1.67 bits per heavy atom. The van der Waals surface area contributed by atoms with Crippen molar-refractivity contribution in [3.8, 4) is 0 Å². The maximum Gasteiger partial charge on any atom is 0.119 e. The van der Waals surface area contributed by atoms with Crippen LogP contribution in [0.5, 0.6) is 0 Å². The molecule has 12 heavy (non-hydrogen) atoms. The van der Waals surface area contributed by atoms with E-state index in [1.165, 1.54) is 0 Å². The standard InChI is InChI=1S/C9H18OSSi/c1-9(2,3)8-4-6-11(10,12)7-5-8/h8H,4-7H2,1-3H3. The fraction of sp³-hybridized carbons (Fsp3) is 1.00. The highest BCUT2D eigenvalue weighted by atomic mass is 32.3. The molecule has 0 saturated carbocycles. The molecule has 0 bridgehead atoms. The largest absolute Gasteiger partial charge is 0.274 e. The van der Waals surface area contributed by atoms with Crippen molar-refractivity contribution in [2.75, 3.05) is 11.5 Å². The van der Waals surface area contributed by atoms with Crippen LogP contribution in [0.4, 0.5) is 0 Å². The van der Waals surface area contributed by atoms with Crippen molar-refractivity contribution in [1.29, 1.82) is 0 Å². The summed E-state index contributed by atoms with van der Waals surface area (Å²) in [5, 5.41) is 0. The van der Waals surface area contributed by atoms with E-state index in [2.05, 4.69) is 29.7 Å². The average molecular weight is 202 g/mol. The van der Waals surface area contributed by atoms with Gasteiger partial charge in [-0.15, -0.1) is 0 Å². The maximum atomic E-state index is 11.6. The van der Waals surface area contributed by atoms with Crippen LogP contribution in [0.3, 0.4) is 0 Å². The zero-order valence-electron chi connectivity index (χ0n) is 8.22. The third-order valence-corrected chi connectivity index (χ3v) is 5.83. The van der Waals surface area contributed by atoms with Crippen LogP contribution in [-0.4, -0.2) is 24.7 Å². The zero-order valence-corrected chi connectivity index (χ0v) is 10.0. The Bertz CT molecular complexity index is 234. The summed E-state index contributed by atoms with van der Waals surface area (Å²) < 4.78 is 11.6. The van der Waals surface area contributed by atoms with Gasteiger partial charge in [0.05, 0.1) is 0 Å². The van der Waals surface area contributed by atoms with Gasteiger partial charge in [0.2, 0.25) is 0 Å². The molecule has 0 unspecified atom stereocenters. The highest BCUT2D eigenvalue weighted by Gasteiger charge is 2.28. The van der Waals surface area contributed by atoms with E-state index < -0.39 is 8.93 Å². The van der Waals surface area contributed by atoms with E-state index in [4.69, 9.17) is 0 Å². The second-order valence-corrected chi connectivity index (χ2v) is 9.53. The Morgan fingerprint density at radius 1 is 1.25 bits per heavy atom. The fourth-order valence-corrected chi connectivity index (χ4v) is 4.02. The third-order valence-electron chi connectivity index (χ3n) is 2.82. The summed E-state index contributed by atoms with van der Waals surface area (Å²) in [5.41, 5.74) is 0.391. The highest BCUT2D eigenvalue weighted by Crippen LogP contribution is 2.34. The molecular weight excluding hydrogens is 184 g/mol. The number of rotatable bonds is 0. The SMILES string of the molecule is CC(C)(C)C1CCS(=O)(=[Si])CC1. The van der Waals surface area contributed by atoms with Crippen LogP contribution in [0.25, 0.3) is 0 Å². The Hall–Kier alpha value is 0.367. The molecule has 1 nitrogen and oxygen atoms in total. The summed E-state index contributed by atoms with van der Waals surface area (Å²) in [7, 11) is 1.75. The molecule has 1 fully saturated rings. The van der Waals surface area contributed by atoms with Gasteiger partial charge in [0.15, 0.2) is 0 Å².